The highest BCUT2D eigenvalue weighted by atomic mass is 19.3. The van der Waals surface area contributed by atoms with Crippen molar-refractivity contribution in [3.63, 3.8) is 0 Å². The molecule has 2 aromatic heterocycles. The van der Waals surface area contributed by atoms with E-state index in [1.165, 1.54) is 18.2 Å². The van der Waals surface area contributed by atoms with E-state index >= 15 is 0 Å². The number of ether oxygens (including phenoxy) is 2. The van der Waals surface area contributed by atoms with Gasteiger partial charge in [0.15, 0.2) is 11.6 Å². The molecular weight excluding hydrogens is 466 g/mol. The van der Waals surface area contributed by atoms with E-state index in [4.69, 9.17) is 15.6 Å². The maximum absolute atomic E-state index is 12.9. The van der Waals surface area contributed by atoms with Gasteiger partial charge in [0.25, 0.3) is 0 Å². The third-order valence-electron chi connectivity index (χ3n) is 9.70. The lowest BCUT2D eigenvalue weighted by atomic mass is 9.89. The largest absolute Gasteiger partial charge is 0.431 e. The van der Waals surface area contributed by atoms with Crippen LogP contribution in [0.3, 0.4) is 0 Å². The Morgan fingerprint density at radius 2 is 2.06 bits per heavy atom. The Kier molecular flexibility index (Phi) is 4.83. The summed E-state index contributed by atoms with van der Waals surface area (Å²) in [6.45, 7) is 6.35. The molecule has 0 amide bonds. The molecule has 4 heterocycles. The summed E-state index contributed by atoms with van der Waals surface area (Å²) < 4.78 is 38.7. The van der Waals surface area contributed by atoms with Gasteiger partial charge in [-0.15, -0.1) is 0 Å². The molecular formula is C26H34F2N6O2. The number of anilines is 1. The predicted octanol–water partition coefficient (Wildman–Crippen LogP) is 3.00. The zero-order valence-electron chi connectivity index (χ0n) is 21.0. The van der Waals surface area contributed by atoms with Crippen LogP contribution < -0.4 is 10.5 Å². The van der Waals surface area contributed by atoms with Gasteiger partial charge in [-0.3, -0.25) is 9.58 Å². The predicted molar refractivity (Wildman–Crippen MR) is 130 cm³/mol. The molecule has 10 heteroatoms. The van der Waals surface area contributed by atoms with Crippen molar-refractivity contribution in [2.75, 3.05) is 45.6 Å². The highest BCUT2D eigenvalue weighted by Crippen LogP contribution is 2.91. The minimum Gasteiger partial charge on any atom is -0.431 e. The monoisotopic (exact) mass is 500 g/mol. The van der Waals surface area contributed by atoms with Crippen molar-refractivity contribution in [3.8, 4) is 17.0 Å². The van der Waals surface area contributed by atoms with Crippen molar-refractivity contribution in [2.45, 2.75) is 56.4 Å². The Bertz CT molecular complexity index is 1190. The summed E-state index contributed by atoms with van der Waals surface area (Å²) in [6, 6.07) is 4.56. The Labute approximate surface area is 209 Å². The van der Waals surface area contributed by atoms with Crippen LogP contribution >= 0.6 is 0 Å². The third-order valence-corrected chi connectivity index (χ3v) is 9.70. The molecule has 4 aliphatic carbocycles. The van der Waals surface area contributed by atoms with E-state index in [1.54, 1.807) is 6.20 Å². The summed E-state index contributed by atoms with van der Waals surface area (Å²) in [6.07, 6.45) is 3.80. The van der Waals surface area contributed by atoms with Crippen LogP contribution in [0.5, 0.6) is 5.75 Å². The summed E-state index contributed by atoms with van der Waals surface area (Å²) >= 11 is 0. The molecule has 6 atom stereocenters. The summed E-state index contributed by atoms with van der Waals surface area (Å²) in [7, 11) is 2.19. The van der Waals surface area contributed by atoms with E-state index in [1.807, 2.05) is 0 Å². The molecule has 2 bridgehead atoms. The lowest BCUT2D eigenvalue weighted by Crippen LogP contribution is -2.71. The number of halogens is 2. The number of nitrogen functional groups attached to an aromatic ring is 1. The van der Waals surface area contributed by atoms with Crippen LogP contribution in [-0.4, -0.2) is 82.7 Å². The van der Waals surface area contributed by atoms with E-state index in [2.05, 4.69) is 51.2 Å². The molecule has 36 heavy (non-hydrogen) atoms. The van der Waals surface area contributed by atoms with Crippen molar-refractivity contribution in [3.05, 3.63) is 24.0 Å². The zero-order chi connectivity index (χ0) is 25.0. The number of likely N-dealkylation sites (N-methyl/N-ethyl adjacent to an activating group) is 1. The Balaban J connectivity index is 1.15. The van der Waals surface area contributed by atoms with Crippen LogP contribution in [0.1, 0.15) is 38.4 Å². The molecule has 2 aliphatic heterocycles. The fraction of sp³-hybridized carbons (Fsp3) is 0.692. The minimum atomic E-state index is -2.96. The molecule has 6 fully saturated rings. The van der Waals surface area contributed by atoms with Crippen molar-refractivity contribution >= 4 is 5.82 Å². The number of fused-ring (bicyclic) bond motifs is 1. The standard InChI is InChI=1S/C26H34F2N6O2/c1-4-14(2)34-20(9-17(31-34)15-7-19(36-24(27)28)23(29)30-10-15)26-16-8-18(22(26)21(16)26)33-12-25(13-33)11-32(3)5-6-35-25/h7,9-10,14,16,18,21-22,24H,4-6,8,11-13H2,1-3H3,(H2,29,30). The van der Waals surface area contributed by atoms with Gasteiger partial charge in [-0.05, 0) is 56.7 Å². The molecule has 0 radical (unpaired) electrons. The van der Waals surface area contributed by atoms with Crippen LogP contribution in [0.25, 0.3) is 11.3 Å². The van der Waals surface area contributed by atoms with Gasteiger partial charge in [0.05, 0.1) is 12.3 Å². The number of nitrogens with two attached hydrogens (primary N) is 1. The van der Waals surface area contributed by atoms with Crippen molar-refractivity contribution in [1.82, 2.24) is 24.6 Å². The second-order valence-electron chi connectivity index (χ2n) is 11.7. The molecule has 6 unspecified atom stereocenters. The maximum Gasteiger partial charge on any atom is 0.387 e. The van der Waals surface area contributed by atoms with Gasteiger partial charge in [0, 0.05) is 61.1 Å². The number of morpholine rings is 1. The van der Waals surface area contributed by atoms with Crippen LogP contribution in [-0.2, 0) is 10.2 Å². The number of likely N-dealkylation sites (tertiary alicyclic amines) is 1. The maximum atomic E-state index is 12.9. The Hall–Kier alpha value is -2.30. The summed E-state index contributed by atoms with van der Waals surface area (Å²) in [5.74, 6) is 1.97. The van der Waals surface area contributed by atoms with Gasteiger partial charge in [0.2, 0.25) is 0 Å². The van der Waals surface area contributed by atoms with Gasteiger partial charge >= 0.3 is 6.61 Å². The van der Waals surface area contributed by atoms with E-state index in [9.17, 15) is 8.78 Å². The fourth-order valence-electron chi connectivity index (χ4n) is 7.88. The first-order valence-corrected chi connectivity index (χ1v) is 13.1. The van der Waals surface area contributed by atoms with Crippen molar-refractivity contribution in [1.29, 1.82) is 0 Å². The highest BCUT2D eigenvalue weighted by Gasteiger charge is 2.94. The normalized spacial score (nSPS) is 35.1. The molecule has 0 aromatic carbocycles. The quantitative estimate of drug-likeness (QED) is 0.626. The molecule has 2 N–H and O–H groups in total. The van der Waals surface area contributed by atoms with Crippen molar-refractivity contribution in [2.24, 2.45) is 17.8 Å². The molecule has 4 saturated carbocycles. The van der Waals surface area contributed by atoms with Crippen LogP contribution in [0.4, 0.5) is 14.6 Å². The van der Waals surface area contributed by atoms with Gasteiger partial charge in [0.1, 0.15) is 5.60 Å². The molecule has 1 spiro atoms. The first-order valence-electron chi connectivity index (χ1n) is 13.1. The third kappa shape index (κ3) is 3.07. The van der Waals surface area contributed by atoms with Gasteiger partial charge < -0.3 is 20.1 Å². The molecule has 6 aliphatic rings. The van der Waals surface area contributed by atoms with Crippen molar-refractivity contribution < 1.29 is 18.3 Å². The fourth-order valence-corrected chi connectivity index (χ4v) is 7.88. The molecule has 2 aromatic rings. The smallest absolute Gasteiger partial charge is 0.387 e. The highest BCUT2D eigenvalue weighted by molar-refractivity contribution is 5.66. The minimum absolute atomic E-state index is 0.0221. The average Bonchev–Trinajstić information content (AvgIpc) is 3.39. The second kappa shape index (κ2) is 7.61. The summed E-state index contributed by atoms with van der Waals surface area (Å²) in [5, 5.41) is 4.97. The van der Waals surface area contributed by atoms with Crippen LogP contribution in [0, 0.1) is 17.8 Å². The number of alkyl halides is 2. The molecule has 8 nitrogen and oxygen atoms in total. The zero-order valence-corrected chi connectivity index (χ0v) is 21.0. The number of pyridine rings is 1. The Morgan fingerprint density at radius 3 is 2.75 bits per heavy atom. The number of hydrogen-bond donors (Lipinski definition) is 1. The lowest BCUT2D eigenvalue weighted by molar-refractivity contribution is -0.190. The SMILES string of the molecule is CCC(C)n1nc(-c2cnc(N)c(OC(F)F)c2)cc1C12C3CC(N4CC5(CN(C)CCO5)C4)C1C32. The number of nitrogens with zero attached hydrogens (tertiary/aromatic N) is 5. The number of hydrogen-bond acceptors (Lipinski definition) is 7. The van der Waals surface area contributed by atoms with Crippen LogP contribution in [0.15, 0.2) is 18.3 Å². The van der Waals surface area contributed by atoms with Crippen LogP contribution in [0.2, 0.25) is 0 Å². The second-order valence-corrected chi connectivity index (χ2v) is 11.7. The van der Waals surface area contributed by atoms with Gasteiger partial charge in [-0.1, -0.05) is 6.92 Å². The summed E-state index contributed by atoms with van der Waals surface area (Å²) in [5.41, 5.74) is 8.68. The number of rotatable bonds is 7. The first-order chi connectivity index (χ1) is 17.3. The van der Waals surface area contributed by atoms with E-state index in [-0.39, 0.29) is 28.6 Å². The lowest BCUT2D eigenvalue weighted by Gasteiger charge is -2.55. The summed E-state index contributed by atoms with van der Waals surface area (Å²) in [4.78, 5) is 9.14. The Morgan fingerprint density at radius 1 is 1.25 bits per heavy atom. The molecule has 194 valence electrons. The number of aromatic nitrogens is 3. The first kappa shape index (κ1) is 22.9. The molecule has 2 saturated heterocycles. The average molecular weight is 501 g/mol. The van der Waals surface area contributed by atoms with E-state index in [0.717, 1.165) is 50.8 Å². The van der Waals surface area contributed by atoms with E-state index in [0.29, 0.717) is 23.4 Å². The van der Waals surface area contributed by atoms with Gasteiger partial charge in [-0.2, -0.15) is 13.9 Å². The van der Waals surface area contributed by atoms with E-state index < -0.39 is 6.61 Å². The van der Waals surface area contributed by atoms with Gasteiger partial charge in [-0.25, -0.2) is 4.98 Å². The topological polar surface area (TPSA) is 81.7 Å². The molecule has 8 rings (SSSR count).